The molecule has 11 aromatic rings. The predicted octanol–water partition coefficient (Wildman–Crippen LogP) is 14.0. The summed E-state index contributed by atoms with van der Waals surface area (Å²) in [6, 6.07) is 52.8. The molecule has 2 nitrogen and oxygen atoms in total. The molecule has 2 heterocycles. The molecule has 0 saturated heterocycles. The first-order valence-corrected chi connectivity index (χ1v) is 18.0. The van der Waals surface area contributed by atoms with Crippen molar-refractivity contribution in [2.75, 3.05) is 0 Å². The van der Waals surface area contributed by atoms with E-state index in [1.54, 1.807) is 4.57 Å². The number of nitrogens with zero attached hydrogens (tertiary/aromatic N) is 2. The zero-order chi connectivity index (χ0) is 41.7. The standard InChI is InChI=1S/C52H34N2/c1-3-14-35(15-4-1)38-20-11-21-41(32-38)53-50-31-29-40(34-46(50)52-43(24-13-27-51(52)53)37-16-5-2-6-17-37)39-28-30-49-45(33-39)44-23-9-10-25-48(44)54(49)47-26-12-19-36-18-7-8-22-42(36)47/h1-34H/i9D,10D,23D,25D,28D,30D,33D. The number of benzene rings is 9. The Balaban J connectivity index is 1.24. The summed E-state index contributed by atoms with van der Waals surface area (Å²) in [5.74, 6) is 0. The highest BCUT2D eigenvalue weighted by atomic mass is 15.0. The van der Waals surface area contributed by atoms with E-state index < -0.39 is 12.1 Å². The van der Waals surface area contributed by atoms with Gasteiger partial charge in [-0.1, -0.05) is 152 Å². The van der Waals surface area contributed by atoms with E-state index in [4.69, 9.17) is 2.74 Å². The van der Waals surface area contributed by atoms with Gasteiger partial charge < -0.3 is 9.13 Å². The maximum Gasteiger partial charge on any atom is 0.0645 e. The van der Waals surface area contributed by atoms with Crippen LogP contribution < -0.4 is 0 Å². The molecule has 0 saturated carbocycles. The SMILES string of the molecule is [2H]c1c([2H])c([2H])c2c(c1[2H])c1c([2H])c(-c3ccc4c(c3)c3c(-c5ccccc5)cccc3n4-c3cccc(-c4ccccc4)c3)c([2H])c([2H])c1n2-c1cccc2ccccc12. The van der Waals surface area contributed by atoms with Crippen molar-refractivity contribution in [3.63, 3.8) is 0 Å². The first-order chi connectivity index (χ1) is 29.7. The van der Waals surface area contributed by atoms with E-state index in [0.29, 0.717) is 11.3 Å². The van der Waals surface area contributed by atoms with E-state index in [1.165, 1.54) is 0 Å². The van der Waals surface area contributed by atoms with Gasteiger partial charge in [-0.3, -0.25) is 0 Å². The van der Waals surface area contributed by atoms with E-state index in [0.717, 1.165) is 60.5 Å². The maximum absolute atomic E-state index is 9.95. The molecule has 252 valence electrons. The minimum atomic E-state index is -0.420. The first-order valence-electron chi connectivity index (χ1n) is 21.5. The van der Waals surface area contributed by atoms with Crippen LogP contribution in [-0.2, 0) is 0 Å². The Hall–Kier alpha value is -7.16. The third-order valence-electron chi connectivity index (χ3n) is 10.5. The van der Waals surface area contributed by atoms with Crippen molar-refractivity contribution in [1.29, 1.82) is 0 Å². The summed E-state index contributed by atoms with van der Waals surface area (Å²) >= 11 is 0. The maximum atomic E-state index is 9.95. The van der Waals surface area contributed by atoms with Crippen LogP contribution in [0.5, 0.6) is 0 Å². The van der Waals surface area contributed by atoms with Gasteiger partial charge in [-0.05, 0) is 93.3 Å². The summed E-state index contributed by atoms with van der Waals surface area (Å²) < 4.78 is 69.0. The third kappa shape index (κ3) is 4.74. The van der Waals surface area contributed by atoms with Gasteiger partial charge in [0.1, 0.15) is 0 Å². The minimum absolute atomic E-state index is 0.0769. The van der Waals surface area contributed by atoms with E-state index in [9.17, 15) is 6.85 Å². The van der Waals surface area contributed by atoms with Gasteiger partial charge in [0, 0.05) is 32.6 Å². The van der Waals surface area contributed by atoms with E-state index in [-0.39, 0.29) is 57.6 Å². The summed E-state index contributed by atoms with van der Waals surface area (Å²) in [6.07, 6.45) is 0. The second kappa shape index (κ2) is 12.2. The highest BCUT2D eigenvalue weighted by molar-refractivity contribution is 6.17. The molecular formula is C52H34N2. The van der Waals surface area contributed by atoms with Gasteiger partial charge in [0.05, 0.1) is 37.3 Å². The Morgan fingerprint density at radius 3 is 1.96 bits per heavy atom. The zero-order valence-corrected chi connectivity index (χ0v) is 29.0. The van der Waals surface area contributed by atoms with Crippen LogP contribution in [0.3, 0.4) is 0 Å². The molecule has 2 aromatic heterocycles. The van der Waals surface area contributed by atoms with Crippen molar-refractivity contribution >= 4 is 54.4 Å². The molecule has 54 heavy (non-hydrogen) atoms. The highest BCUT2D eigenvalue weighted by Crippen LogP contribution is 2.42. The van der Waals surface area contributed by atoms with Gasteiger partial charge in [-0.25, -0.2) is 0 Å². The lowest BCUT2D eigenvalue weighted by Gasteiger charge is -2.12. The number of hydrogen-bond acceptors (Lipinski definition) is 0. The summed E-state index contributed by atoms with van der Waals surface area (Å²) in [4.78, 5) is 0. The summed E-state index contributed by atoms with van der Waals surface area (Å²) in [6.45, 7) is 0. The molecule has 0 amide bonds. The molecule has 0 unspecified atom stereocenters. The van der Waals surface area contributed by atoms with Crippen LogP contribution in [0.1, 0.15) is 9.60 Å². The lowest BCUT2D eigenvalue weighted by molar-refractivity contribution is 1.18. The average Bonchev–Trinajstić information content (AvgIpc) is 3.84. The van der Waals surface area contributed by atoms with Crippen molar-refractivity contribution < 1.29 is 9.60 Å². The minimum Gasteiger partial charge on any atom is -0.309 e. The van der Waals surface area contributed by atoms with Crippen LogP contribution >= 0.6 is 0 Å². The second-order valence-electron chi connectivity index (χ2n) is 13.6. The van der Waals surface area contributed by atoms with E-state index >= 15 is 0 Å². The van der Waals surface area contributed by atoms with Crippen LogP contribution in [0.2, 0.25) is 0 Å². The first kappa shape index (κ1) is 24.2. The van der Waals surface area contributed by atoms with Crippen LogP contribution in [0.25, 0.3) is 99.1 Å². The summed E-state index contributed by atoms with van der Waals surface area (Å²) in [5.41, 5.74) is 8.89. The fourth-order valence-electron chi connectivity index (χ4n) is 8.12. The number of rotatable bonds is 5. The van der Waals surface area contributed by atoms with Crippen LogP contribution in [-0.4, -0.2) is 9.13 Å². The van der Waals surface area contributed by atoms with Gasteiger partial charge in [0.2, 0.25) is 0 Å². The third-order valence-corrected chi connectivity index (χ3v) is 10.5. The summed E-state index contributed by atoms with van der Waals surface area (Å²) in [5, 5.41) is 3.98. The van der Waals surface area contributed by atoms with Gasteiger partial charge in [0.25, 0.3) is 0 Å². The van der Waals surface area contributed by atoms with Crippen molar-refractivity contribution in [2.24, 2.45) is 0 Å². The Bertz CT molecular complexity index is 3600. The number of para-hydroxylation sites is 1. The van der Waals surface area contributed by atoms with Crippen LogP contribution in [0.15, 0.2) is 206 Å². The van der Waals surface area contributed by atoms with Gasteiger partial charge >= 0.3 is 0 Å². The molecule has 0 spiro atoms. The topological polar surface area (TPSA) is 9.86 Å². The molecule has 0 radical (unpaired) electrons. The second-order valence-corrected chi connectivity index (χ2v) is 13.6. The lowest BCUT2D eigenvalue weighted by atomic mass is 9.97. The smallest absolute Gasteiger partial charge is 0.0645 e. The number of hydrogen-bond donors (Lipinski definition) is 0. The Morgan fingerprint density at radius 2 is 1.07 bits per heavy atom. The average molecular weight is 694 g/mol. The molecule has 0 aliphatic heterocycles. The quantitative estimate of drug-likeness (QED) is 0.170. The van der Waals surface area contributed by atoms with Crippen molar-refractivity contribution in [1.82, 2.24) is 9.13 Å². The molecule has 0 N–H and O–H groups in total. The normalized spacial score (nSPS) is 13.5. The molecule has 11 rings (SSSR count). The monoisotopic (exact) mass is 693 g/mol. The Labute approximate surface area is 323 Å². The highest BCUT2D eigenvalue weighted by Gasteiger charge is 2.19. The van der Waals surface area contributed by atoms with Gasteiger partial charge in [-0.2, -0.15) is 0 Å². The van der Waals surface area contributed by atoms with Crippen molar-refractivity contribution in [2.45, 2.75) is 0 Å². The molecule has 0 atom stereocenters. The Morgan fingerprint density at radius 1 is 0.370 bits per heavy atom. The Kier molecular flexibility index (Phi) is 5.47. The predicted molar refractivity (Wildman–Crippen MR) is 229 cm³/mol. The summed E-state index contributed by atoms with van der Waals surface area (Å²) in [7, 11) is 0. The van der Waals surface area contributed by atoms with Crippen LogP contribution in [0, 0.1) is 0 Å². The fourth-order valence-corrected chi connectivity index (χ4v) is 8.12. The largest absolute Gasteiger partial charge is 0.309 e. The number of aromatic nitrogens is 2. The lowest BCUT2D eigenvalue weighted by Crippen LogP contribution is -1.95. The molecule has 0 aliphatic carbocycles. The molecular weight excluding hydrogens is 653 g/mol. The number of fused-ring (bicyclic) bond motifs is 7. The van der Waals surface area contributed by atoms with Crippen LogP contribution in [0.4, 0.5) is 0 Å². The molecule has 0 fully saturated rings. The van der Waals surface area contributed by atoms with Gasteiger partial charge in [0.15, 0.2) is 0 Å². The van der Waals surface area contributed by atoms with Crippen molar-refractivity contribution in [3.8, 4) is 44.8 Å². The molecule has 0 aliphatic rings. The molecule has 9 aromatic carbocycles. The van der Waals surface area contributed by atoms with E-state index in [2.05, 4.69) is 71.3 Å². The zero-order valence-electron chi connectivity index (χ0n) is 36.0. The van der Waals surface area contributed by atoms with Gasteiger partial charge in [-0.15, -0.1) is 0 Å². The molecule has 0 bridgehead atoms. The fraction of sp³-hybridized carbons (Fsp3) is 0. The molecule has 2 heteroatoms. The van der Waals surface area contributed by atoms with Crippen molar-refractivity contribution in [3.05, 3.63) is 206 Å². The van der Waals surface area contributed by atoms with E-state index in [1.807, 2.05) is 97.1 Å².